The third kappa shape index (κ3) is 7.20. The number of benzene rings is 3. The van der Waals surface area contributed by atoms with E-state index in [9.17, 15) is 5.11 Å². The Kier molecular flexibility index (Phi) is 9.49. The summed E-state index contributed by atoms with van der Waals surface area (Å²) in [6.45, 7) is 3.36. The summed E-state index contributed by atoms with van der Waals surface area (Å²) in [4.78, 5) is 7.09. The van der Waals surface area contributed by atoms with Crippen molar-refractivity contribution in [1.29, 1.82) is 0 Å². The van der Waals surface area contributed by atoms with Gasteiger partial charge in [-0.3, -0.25) is 9.88 Å². The summed E-state index contributed by atoms with van der Waals surface area (Å²) in [6, 6.07) is 32.8. The summed E-state index contributed by atoms with van der Waals surface area (Å²) >= 11 is 0. The minimum atomic E-state index is -0.443. The molecule has 3 atom stereocenters. The number of piperazine rings is 1. The third-order valence-corrected chi connectivity index (χ3v) is 9.59. The van der Waals surface area contributed by atoms with Gasteiger partial charge in [-0.05, 0) is 79.3 Å². The molecule has 2 N–H and O–H groups in total. The van der Waals surface area contributed by atoms with Crippen molar-refractivity contribution in [3.63, 3.8) is 0 Å². The second-order valence-corrected chi connectivity index (χ2v) is 12.5. The highest BCUT2D eigenvalue weighted by molar-refractivity contribution is 5.84. The van der Waals surface area contributed by atoms with Crippen molar-refractivity contribution < 1.29 is 9.84 Å². The molecule has 3 unspecified atom stereocenters. The van der Waals surface area contributed by atoms with E-state index in [1.165, 1.54) is 43.2 Å². The van der Waals surface area contributed by atoms with Crippen LogP contribution in [0.2, 0.25) is 0 Å². The van der Waals surface area contributed by atoms with Gasteiger partial charge >= 0.3 is 0 Å². The predicted molar refractivity (Wildman–Crippen MR) is 171 cm³/mol. The lowest BCUT2D eigenvalue weighted by Crippen LogP contribution is -2.58. The third-order valence-electron chi connectivity index (χ3n) is 9.59. The first-order valence-electron chi connectivity index (χ1n) is 15.9. The zero-order valence-electron chi connectivity index (χ0n) is 24.7. The summed E-state index contributed by atoms with van der Waals surface area (Å²) in [5, 5.41) is 15.8. The molecular formula is C37H45N3O2. The van der Waals surface area contributed by atoms with E-state index in [-0.39, 0.29) is 6.04 Å². The van der Waals surface area contributed by atoms with Crippen LogP contribution >= 0.6 is 0 Å². The van der Waals surface area contributed by atoms with Crippen LogP contribution in [-0.4, -0.2) is 59.4 Å². The molecule has 1 aliphatic heterocycles. The van der Waals surface area contributed by atoms with E-state index in [1.807, 2.05) is 30.3 Å². The molecule has 5 heteroatoms. The molecule has 3 aromatic carbocycles. The number of hydrogen-bond acceptors (Lipinski definition) is 5. The van der Waals surface area contributed by atoms with E-state index in [2.05, 4.69) is 75.9 Å². The molecule has 1 saturated carbocycles. The highest BCUT2D eigenvalue weighted by Gasteiger charge is 2.36. The lowest BCUT2D eigenvalue weighted by atomic mass is 9.71. The smallest absolute Gasteiger partial charge is 0.128 e. The maximum atomic E-state index is 11.2. The Balaban J connectivity index is 1.06. The van der Waals surface area contributed by atoms with Gasteiger partial charge in [0.15, 0.2) is 0 Å². The van der Waals surface area contributed by atoms with Gasteiger partial charge in [0, 0.05) is 49.7 Å². The number of pyridine rings is 1. The van der Waals surface area contributed by atoms with Crippen LogP contribution in [0.3, 0.4) is 0 Å². The SMILES string of the molecule is OC(CCOc1cccc2ncccc12)C1CN(C2CCCC(Cc3ccccc3)(Cc3ccccc3)CC2)CCN1. The average Bonchev–Trinajstić information content (AvgIpc) is 3.24. The number of rotatable bonds is 10. The van der Waals surface area contributed by atoms with Gasteiger partial charge in [0.1, 0.15) is 5.75 Å². The van der Waals surface area contributed by atoms with E-state index >= 15 is 0 Å². The first kappa shape index (κ1) is 28.9. The molecule has 0 bridgehead atoms. The number of fused-ring (bicyclic) bond motifs is 1. The number of aromatic nitrogens is 1. The van der Waals surface area contributed by atoms with Crippen LogP contribution in [0, 0.1) is 5.41 Å². The molecule has 1 aromatic heterocycles. The van der Waals surface area contributed by atoms with E-state index < -0.39 is 6.10 Å². The van der Waals surface area contributed by atoms with Crippen molar-refractivity contribution in [2.45, 2.75) is 69.6 Å². The van der Waals surface area contributed by atoms with Gasteiger partial charge in [-0.1, -0.05) is 73.2 Å². The normalized spacial score (nSPS) is 21.9. The number of hydrogen-bond donors (Lipinski definition) is 2. The monoisotopic (exact) mass is 563 g/mol. The summed E-state index contributed by atoms with van der Waals surface area (Å²) in [6.07, 6.45) is 10.5. The number of ether oxygens (including phenoxy) is 1. The van der Waals surface area contributed by atoms with Crippen LogP contribution < -0.4 is 10.1 Å². The van der Waals surface area contributed by atoms with Crippen LogP contribution in [0.15, 0.2) is 97.2 Å². The molecule has 0 spiro atoms. The van der Waals surface area contributed by atoms with Crippen molar-refractivity contribution >= 4 is 10.9 Å². The Bertz CT molecular complexity index is 1350. The average molecular weight is 564 g/mol. The molecule has 42 heavy (non-hydrogen) atoms. The molecule has 0 radical (unpaired) electrons. The van der Waals surface area contributed by atoms with Crippen LogP contribution in [0.4, 0.5) is 0 Å². The predicted octanol–water partition coefficient (Wildman–Crippen LogP) is 6.44. The minimum Gasteiger partial charge on any atom is -0.493 e. The molecule has 2 fully saturated rings. The quantitative estimate of drug-likeness (QED) is 0.218. The van der Waals surface area contributed by atoms with Gasteiger partial charge in [0.05, 0.1) is 18.2 Å². The fourth-order valence-corrected chi connectivity index (χ4v) is 7.38. The van der Waals surface area contributed by atoms with Crippen molar-refractivity contribution in [1.82, 2.24) is 15.2 Å². The van der Waals surface area contributed by atoms with Crippen LogP contribution in [0.5, 0.6) is 5.75 Å². The molecule has 2 heterocycles. The fraction of sp³-hybridized carbons (Fsp3) is 0.432. The van der Waals surface area contributed by atoms with Crippen molar-refractivity contribution in [2.75, 3.05) is 26.2 Å². The largest absolute Gasteiger partial charge is 0.493 e. The molecule has 6 rings (SSSR count). The summed E-state index contributed by atoms with van der Waals surface area (Å²) in [5.74, 6) is 0.832. The summed E-state index contributed by atoms with van der Waals surface area (Å²) in [5.41, 5.74) is 4.14. The lowest BCUT2D eigenvalue weighted by molar-refractivity contribution is 0.0453. The molecule has 1 saturated heterocycles. The van der Waals surface area contributed by atoms with Crippen molar-refractivity contribution in [2.24, 2.45) is 5.41 Å². The number of aliphatic hydroxyl groups excluding tert-OH is 1. The lowest BCUT2D eigenvalue weighted by Gasteiger charge is -2.40. The van der Waals surface area contributed by atoms with Crippen LogP contribution in [-0.2, 0) is 12.8 Å². The van der Waals surface area contributed by atoms with Crippen molar-refractivity contribution in [3.05, 3.63) is 108 Å². The van der Waals surface area contributed by atoms with E-state index in [1.54, 1.807) is 6.20 Å². The number of aliphatic hydroxyl groups is 1. The highest BCUT2D eigenvalue weighted by Crippen LogP contribution is 2.42. The molecule has 0 amide bonds. The van der Waals surface area contributed by atoms with Gasteiger partial charge in [0.2, 0.25) is 0 Å². The molecule has 1 aliphatic carbocycles. The number of nitrogens with one attached hydrogen (secondary N) is 1. The second kappa shape index (κ2) is 13.8. The summed E-state index contributed by atoms with van der Waals surface area (Å²) in [7, 11) is 0. The molecule has 5 nitrogen and oxygen atoms in total. The van der Waals surface area contributed by atoms with Crippen LogP contribution in [0.25, 0.3) is 10.9 Å². The van der Waals surface area contributed by atoms with Crippen molar-refractivity contribution in [3.8, 4) is 5.75 Å². The zero-order chi connectivity index (χ0) is 28.6. The Morgan fingerprint density at radius 3 is 2.40 bits per heavy atom. The second-order valence-electron chi connectivity index (χ2n) is 12.5. The standard InChI is InChI=1S/C37H45N3O2/c41-35(19-25-42-36-17-7-16-33-32(36)15-9-22-38-33)34-28-40(24-23-39-34)31-14-8-20-37(21-18-31,26-29-10-3-1-4-11-29)27-30-12-5-2-6-13-30/h1-7,9-13,15-17,22,31,34-35,39,41H,8,14,18-21,23-28H2. The zero-order valence-corrected chi connectivity index (χ0v) is 24.7. The van der Waals surface area contributed by atoms with Gasteiger partial charge in [-0.25, -0.2) is 0 Å². The van der Waals surface area contributed by atoms with E-state index in [4.69, 9.17) is 4.74 Å². The van der Waals surface area contributed by atoms with E-state index in [0.29, 0.717) is 24.5 Å². The van der Waals surface area contributed by atoms with Gasteiger partial charge in [-0.15, -0.1) is 0 Å². The van der Waals surface area contributed by atoms with E-state index in [0.717, 1.165) is 49.1 Å². The topological polar surface area (TPSA) is 57.6 Å². The highest BCUT2D eigenvalue weighted by atomic mass is 16.5. The Labute approximate surface area is 250 Å². The molecular weight excluding hydrogens is 518 g/mol. The summed E-state index contributed by atoms with van der Waals surface area (Å²) < 4.78 is 6.12. The first-order valence-corrected chi connectivity index (χ1v) is 15.9. The van der Waals surface area contributed by atoms with Gasteiger partial charge < -0.3 is 15.2 Å². The maximum Gasteiger partial charge on any atom is 0.128 e. The fourth-order valence-electron chi connectivity index (χ4n) is 7.38. The number of nitrogens with zero attached hydrogens (tertiary/aromatic N) is 2. The van der Waals surface area contributed by atoms with Gasteiger partial charge in [0.25, 0.3) is 0 Å². The Hall–Kier alpha value is -3.25. The van der Waals surface area contributed by atoms with Crippen LogP contribution in [0.1, 0.15) is 49.7 Å². The van der Waals surface area contributed by atoms with Gasteiger partial charge in [-0.2, -0.15) is 0 Å². The molecule has 2 aliphatic rings. The Morgan fingerprint density at radius 2 is 1.64 bits per heavy atom. The first-order chi connectivity index (χ1) is 20.7. The molecule has 4 aromatic rings. The Morgan fingerprint density at radius 1 is 0.881 bits per heavy atom. The molecule has 220 valence electrons. The maximum absolute atomic E-state index is 11.2. The minimum absolute atomic E-state index is 0.0678.